The van der Waals surface area contributed by atoms with Gasteiger partial charge >= 0.3 is 0 Å². The van der Waals surface area contributed by atoms with Gasteiger partial charge in [0.05, 0.1) is 12.6 Å². The number of benzene rings is 1. The fourth-order valence-electron chi connectivity index (χ4n) is 2.48. The zero-order valence-corrected chi connectivity index (χ0v) is 13.4. The smallest absolute Gasteiger partial charge is 0.239 e. The molecule has 1 aromatic carbocycles. The average molecular weight is 319 g/mol. The number of hydrogen-bond acceptors (Lipinski definition) is 4. The highest BCUT2D eigenvalue weighted by molar-refractivity contribution is 8.00. The quantitative estimate of drug-likeness (QED) is 0.764. The van der Waals surface area contributed by atoms with Crippen LogP contribution in [0.3, 0.4) is 0 Å². The fraction of sp³-hybridized carbons (Fsp3) is 0.312. The van der Waals surface area contributed by atoms with E-state index in [1.165, 1.54) is 4.88 Å². The van der Waals surface area contributed by atoms with Crippen molar-refractivity contribution in [2.24, 2.45) is 0 Å². The van der Waals surface area contributed by atoms with E-state index in [0.717, 1.165) is 4.90 Å². The minimum atomic E-state index is -0.0251. The molecule has 1 aromatic heterocycles. The molecule has 110 valence electrons. The molecule has 2 atom stereocenters. The van der Waals surface area contributed by atoms with Crippen LogP contribution in [0.1, 0.15) is 10.9 Å². The van der Waals surface area contributed by atoms with E-state index in [4.69, 9.17) is 4.74 Å². The molecule has 1 saturated heterocycles. The number of ether oxygens (including phenoxy) is 1. The van der Waals surface area contributed by atoms with Crippen LogP contribution in [0.4, 0.5) is 0 Å². The van der Waals surface area contributed by atoms with Crippen molar-refractivity contribution >= 4 is 29.0 Å². The third-order valence-corrected chi connectivity index (χ3v) is 5.73. The lowest BCUT2D eigenvalue weighted by Crippen LogP contribution is -2.57. The van der Waals surface area contributed by atoms with Gasteiger partial charge in [0.15, 0.2) is 0 Å². The largest absolute Gasteiger partial charge is 0.383 e. The Labute approximate surface area is 132 Å². The molecule has 0 spiro atoms. The van der Waals surface area contributed by atoms with Crippen molar-refractivity contribution in [3.05, 3.63) is 52.7 Å². The Hall–Kier alpha value is -1.30. The van der Waals surface area contributed by atoms with Crippen molar-refractivity contribution in [2.75, 3.05) is 20.3 Å². The molecule has 3 nitrogen and oxygen atoms in total. The first-order chi connectivity index (χ1) is 10.3. The summed E-state index contributed by atoms with van der Waals surface area (Å²) in [6.07, 6.45) is 0. The monoisotopic (exact) mass is 319 g/mol. The SMILES string of the molecule is COCCN1C(=O)[C@H](Sc2ccccc2)[C@@H]1c1cccs1. The third-order valence-electron chi connectivity index (χ3n) is 3.53. The summed E-state index contributed by atoms with van der Waals surface area (Å²) in [5.74, 6) is 0.208. The summed E-state index contributed by atoms with van der Waals surface area (Å²) >= 11 is 3.37. The highest BCUT2D eigenvalue weighted by atomic mass is 32.2. The molecule has 1 fully saturated rings. The lowest BCUT2D eigenvalue weighted by Gasteiger charge is -2.46. The van der Waals surface area contributed by atoms with Crippen molar-refractivity contribution in [3.8, 4) is 0 Å². The summed E-state index contributed by atoms with van der Waals surface area (Å²) in [5.41, 5.74) is 0. The first-order valence-electron chi connectivity index (χ1n) is 6.86. The van der Waals surface area contributed by atoms with Crippen LogP contribution in [0.15, 0.2) is 52.7 Å². The van der Waals surface area contributed by atoms with Gasteiger partial charge in [0, 0.05) is 23.4 Å². The maximum Gasteiger partial charge on any atom is 0.239 e. The number of methoxy groups -OCH3 is 1. The molecule has 5 heteroatoms. The van der Waals surface area contributed by atoms with Crippen LogP contribution in [-0.4, -0.2) is 36.3 Å². The van der Waals surface area contributed by atoms with Crippen LogP contribution in [0.5, 0.6) is 0 Å². The predicted octanol–water partition coefficient (Wildman–Crippen LogP) is 3.44. The standard InChI is InChI=1S/C16H17NO2S2/c1-19-10-9-17-14(13-8-5-11-20-13)15(16(17)18)21-12-6-3-2-4-7-12/h2-8,11,14-15H,9-10H2,1H3/t14-,15+/m0/s1. The number of hydrogen-bond donors (Lipinski definition) is 0. The number of amides is 1. The van der Waals surface area contributed by atoms with E-state index in [-0.39, 0.29) is 17.2 Å². The Morgan fingerprint density at radius 1 is 1.24 bits per heavy atom. The summed E-state index contributed by atoms with van der Waals surface area (Å²) in [6.45, 7) is 1.24. The molecule has 21 heavy (non-hydrogen) atoms. The van der Waals surface area contributed by atoms with E-state index < -0.39 is 0 Å². The van der Waals surface area contributed by atoms with Gasteiger partial charge in [0.25, 0.3) is 0 Å². The minimum absolute atomic E-state index is 0.0251. The third kappa shape index (κ3) is 3.00. The normalized spacial score (nSPS) is 21.4. The molecule has 0 N–H and O–H groups in total. The molecule has 2 heterocycles. The van der Waals surface area contributed by atoms with Crippen molar-refractivity contribution < 1.29 is 9.53 Å². The van der Waals surface area contributed by atoms with Crippen molar-refractivity contribution in [3.63, 3.8) is 0 Å². The molecule has 0 unspecified atom stereocenters. The molecule has 3 rings (SSSR count). The Morgan fingerprint density at radius 2 is 2.05 bits per heavy atom. The molecule has 0 bridgehead atoms. The summed E-state index contributed by atoms with van der Waals surface area (Å²) in [5, 5.41) is 2.04. The number of β-lactam (4-membered cyclic amide) rings is 1. The number of carbonyl (C=O) groups excluding carboxylic acids is 1. The average Bonchev–Trinajstić information content (AvgIpc) is 3.03. The van der Waals surface area contributed by atoms with Crippen molar-refractivity contribution in [1.29, 1.82) is 0 Å². The summed E-state index contributed by atoms with van der Waals surface area (Å²) in [4.78, 5) is 16.7. The van der Waals surface area contributed by atoms with Crippen LogP contribution < -0.4 is 0 Å². The number of carbonyl (C=O) groups is 1. The van der Waals surface area contributed by atoms with Gasteiger partial charge in [-0.25, -0.2) is 0 Å². The molecule has 0 radical (unpaired) electrons. The molecule has 1 aliphatic heterocycles. The van der Waals surface area contributed by atoms with Crippen LogP contribution in [0.25, 0.3) is 0 Å². The molecule has 0 saturated carbocycles. The lowest BCUT2D eigenvalue weighted by molar-refractivity contribution is -0.145. The number of thiophene rings is 1. The Bertz CT molecular complexity index is 586. The van der Waals surface area contributed by atoms with Crippen molar-refractivity contribution in [1.82, 2.24) is 4.90 Å². The lowest BCUT2D eigenvalue weighted by atomic mass is 9.99. The minimum Gasteiger partial charge on any atom is -0.383 e. The van der Waals surface area contributed by atoms with Crippen LogP contribution in [-0.2, 0) is 9.53 Å². The second-order valence-corrected chi connectivity index (χ2v) is 7.03. The van der Waals surface area contributed by atoms with Gasteiger partial charge in [0.1, 0.15) is 5.25 Å². The summed E-state index contributed by atoms with van der Waals surface area (Å²) in [7, 11) is 1.67. The molecular weight excluding hydrogens is 302 g/mol. The predicted molar refractivity (Wildman–Crippen MR) is 86.7 cm³/mol. The maximum atomic E-state index is 12.4. The van der Waals surface area contributed by atoms with Gasteiger partial charge in [-0.15, -0.1) is 23.1 Å². The number of likely N-dealkylation sites (tertiary alicyclic amines) is 1. The van der Waals surface area contributed by atoms with E-state index in [1.54, 1.807) is 30.2 Å². The van der Waals surface area contributed by atoms with Gasteiger partial charge in [-0.2, -0.15) is 0 Å². The van der Waals surface area contributed by atoms with Gasteiger partial charge in [0.2, 0.25) is 5.91 Å². The number of thioether (sulfide) groups is 1. The van der Waals surface area contributed by atoms with Crippen LogP contribution in [0, 0.1) is 0 Å². The van der Waals surface area contributed by atoms with Gasteiger partial charge in [-0.3, -0.25) is 4.79 Å². The van der Waals surface area contributed by atoms with E-state index in [2.05, 4.69) is 23.6 Å². The Kier molecular flexibility index (Phi) is 4.63. The van der Waals surface area contributed by atoms with Crippen LogP contribution in [0.2, 0.25) is 0 Å². The molecule has 2 aromatic rings. The van der Waals surface area contributed by atoms with Crippen molar-refractivity contribution in [2.45, 2.75) is 16.2 Å². The van der Waals surface area contributed by atoms with E-state index in [1.807, 2.05) is 29.2 Å². The van der Waals surface area contributed by atoms with E-state index in [0.29, 0.717) is 13.2 Å². The number of rotatable bonds is 6. The molecule has 1 aliphatic rings. The second-order valence-electron chi connectivity index (χ2n) is 4.84. The van der Waals surface area contributed by atoms with Gasteiger partial charge in [-0.1, -0.05) is 24.3 Å². The van der Waals surface area contributed by atoms with Crippen LogP contribution >= 0.6 is 23.1 Å². The molecular formula is C16H17NO2S2. The second kappa shape index (κ2) is 6.64. The Balaban J connectivity index is 1.77. The maximum absolute atomic E-state index is 12.4. The summed E-state index contributed by atoms with van der Waals surface area (Å²) < 4.78 is 5.12. The first-order valence-corrected chi connectivity index (χ1v) is 8.61. The zero-order valence-electron chi connectivity index (χ0n) is 11.8. The fourth-order valence-corrected chi connectivity index (χ4v) is 4.71. The van der Waals surface area contributed by atoms with Gasteiger partial charge in [-0.05, 0) is 23.6 Å². The molecule has 0 aliphatic carbocycles. The van der Waals surface area contributed by atoms with E-state index in [9.17, 15) is 4.79 Å². The molecule has 1 amide bonds. The van der Waals surface area contributed by atoms with Gasteiger partial charge < -0.3 is 9.64 Å². The highest BCUT2D eigenvalue weighted by Crippen LogP contribution is 2.45. The summed E-state index contributed by atoms with van der Waals surface area (Å²) in [6, 6.07) is 14.4. The Morgan fingerprint density at radius 3 is 2.71 bits per heavy atom. The number of nitrogens with zero attached hydrogens (tertiary/aromatic N) is 1. The first kappa shape index (κ1) is 14.6. The zero-order chi connectivity index (χ0) is 14.7. The topological polar surface area (TPSA) is 29.5 Å². The highest BCUT2D eigenvalue weighted by Gasteiger charge is 2.48. The van der Waals surface area contributed by atoms with E-state index >= 15 is 0 Å².